The Morgan fingerprint density at radius 2 is 1.33 bits per heavy atom. The second kappa shape index (κ2) is 28.0. The van der Waals surface area contributed by atoms with Gasteiger partial charge in [0.15, 0.2) is 6.29 Å². The first-order chi connectivity index (χ1) is 34.6. The Kier molecular flexibility index (Phi) is 22.3. The number of ether oxygens (including phenoxy) is 8. The second-order valence-corrected chi connectivity index (χ2v) is 18.6. The SMILES string of the molecule is COc1ccc(C(OCCOC2OC(COC(=O)NCc3cccc(OC)c3)C(OCCOP(OCCC#N)N(C(C)C)C(C)C)C(C)C2NC(=O)C(F)(F)F)(c2ccccc2)c2ccc(OC)cc2)cc1. The van der Waals surface area contributed by atoms with Gasteiger partial charge < -0.3 is 57.6 Å². The van der Waals surface area contributed by atoms with Gasteiger partial charge in [-0.3, -0.25) is 4.79 Å². The predicted octanol–water partition coefficient (Wildman–Crippen LogP) is 9.05. The molecule has 1 aliphatic heterocycles. The Balaban J connectivity index is 1.42. The molecule has 0 radical (unpaired) electrons. The normalized spacial score (nSPS) is 18.6. The topological polar surface area (TPSA) is 178 Å². The fourth-order valence-electron chi connectivity index (χ4n) is 8.31. The van der Waals surface area contributed by atoms with E-state index >= 15 is 0 Å². The van der Waals surface area contributed by atoms with Crippen LogP contribution < -0.4 is 24.8 Å². The lowest BCUT2D eigenvalue weighted by Gasteiger charge is -2.45. The van der Waals surface area contributed by atoms with Crippen LogP contribution >= 0.6 is 8.53 Å². The Morgan fingerprint density at radius 1 is 0.750 bits per heavy atom. The van der Waals surface area contributed by atoms with E-state index in [9.17, 15) is 22.8 Å². The number of rotatable bonds is 27. The van der Waals surface area contributed by atoms with Crippen molar-refractivity contribution in [2.75, 3.05) is 61.0 Å². The zero-order valence-corrected chi connectivity index (χ0v) is 42.8. The van der Waals surface area contributed by atoms with Gasteiger partial charge in [0.05, 0.1) is 79.0 Å². The van der Waals surface area contributed by atoms with Crippen LogP contribution in [0.4, 0.5) is 18.0 Å². The fourth-order valence-corrected chi connectivity index (χ4v) is 9.88. The van der Waals surface area contributed by atoms with Gasteiger partial charge >= 0.3 is 18.2 Å². The molecule has 0 aromatic heterocycles. The zero-order chi connectivity index (χ0) is 52.3. The van der Waals surface area contributed by atoms with Crippen LogP contribution in [0.2, 0.25) is 0 Å². The molecule has 1 heterocycles. The summed E-state index contributed by atoms with van der Waals surface area (Å²) >= 11 is 0. The quantitative estimate of drug-likeness (QED) is 0.0328. The number of nitriles is 1. The molecule has 5 rings (SSSR count). The van der Waals surface area contributed by atoms with E-state index in [1.165, 1.54) is 7.11 Å². The Bertz CT molecular complexity index is 2250. The first-order valence-electron chi connectivity index (χ1n) is 23.6. The Labute approximate surface area is 421 Å². The second-order valence-electron chi connectivity index (χ2n) is 17.1. The van der Waals surface area contributed by atoms with Gasteiger partial charge in [0.1, 0.15) is 35.6 Å². The number of carbonyl (C=O) groups is 2. The van der Waals surface area contributed by atoms with Gasteiger partial charge in [-0.25, -0.2) is 9.46 Å². The molecule has 2 amide bonds. The van der Waals surface area contributed by atoms with Crippen molar-refractivity contribution in [3.05, 3.63) is 125 Å². The van der Waals surface area contributed by atoms with Crippen LogP contribution in [0.25, 0.3) is 0 Å². The number of nitrogens with one attached hydrogen (secondary N) is 2. The lowest BCUT2D eigenvalue weighted by molar-refractivity contribution is -0.269. The van der Waals surface area contributed by atoms with Crippen molar-refractivity contribution in [2.45, 2.75) is 96.0 Å². The van der Waals surface area contributed by atoms with Crippen LogP contribution in [0.1, 0.15) is 63.3 Å². The molecule has 72 heavy (non-hydrogen) atoms. The van der Waals surface area contributed by atoms with Crippen LogP contribution in [0.15, 0.2) is 103 Å². The maximum atomic E-state index is 14.0. The molecule has 20 heteroatoms. The number of benzene rings is 4. The molecule has 6 unspecified atom stereocenters. The summed E-state index contributed by atoms with van der Waals surface area (Å²) in [5.74, 6) is -1.33. The number of alkyl carbamates (subject to hydrolysis) is 1. The van der Waals surface area contributed by atoms with E-state index in [4.69, 9.17) is 52.2 Å². The maximum Gasteiger partial charge on any atom is 0.471 e. The van der Waals surface area contributed by atoms with Gasteiger partial charge in [0, 0.05) is 24.5 Å². The Hall–Kier alpha value is -5.55. The highest BCUT2D eigenvalue weighted by molar-refractivity contribution is 7.44. The first kappa shape index (κ1) is 57.4. The van der Waals surface area contributed by atoms with Crippen LogP contribution in [-0.2, 0) is 49.7 Å². The summed E-state index contributed by atoms with van der Waals surface area (Å²) in [6.45, 7) is 8.80. The van der Waals surface area contributed by atoms with Crippen molar-refractivity contribution in [2.24, 2.45) is 5.92 Å². The molecule has 4 aromatic rings. The summed E-state index contributed by atoms with van der Waals surface area (Å²) in [7, 11) is 3.00. The van der Waals surface area contributed by atoms with Crippen LogP contribution in [-0.4, -0.2) is 120 Å². The van der Waals surface area contributed by atoms with E-state index < -0.39 is 69.4 Å². The van der Waals surface area contributed by atoms with Crippen molar-refractivity contribution in [3.8, 4) is 23.3 Å². The summed E-state index contributed by atoms with van der Waals surface area (Å²) < 4.78 is 104. The summed E-state index contributed by atoms with van der Waals surface area (Å²) in [6.07, 6.45) is -9.67. The van der Waals surface area contributed by atoms with Gasteiger partial charge in [0.25, 0.3) is 8.53 Å². The smallest absolute Gasteiger partial charge is 0.471 e. The number of hydrogen-bond acceptors (Lipinski definition) is 14. The molecule has 1 fully saturated rings. The minimum Gasteiger partial charge on any atom is -0.497 e. The van der Waals surface area contributed by atoms with E-state index in [2.05, 4.69) is 16.7 Å². The number of nitrogens with zero attached hydrogens (tertiary/aromatic N) is 2. The summed E-state index contributed by atoms with van der Waals surface area (Å²) in [5, 5.41) is 13.9. The van der Waals surface area contributed by atoms with Crippen LogP contribution in [0, 0.1) is 17.2 Å². The standard InChI is InChI=1S/C52H66F3N4O12P/c1-35(2)59(36(3)4)72(69-27-13-26-56)70-31-29-65-47-37(5)46(58-49(60)52(53,54)55)48(71-45(47)34-67-50(61)57-33-38-14-12-17-44(32-38)64-8)66-28-30-68-51(39-15-10-9-11-16-39,40-18-22-42(62-6)23-19-40)41-20-24-43(63-7)25-21-41/h9-12,14-25,32,35-37,45-48H,13,27-31,33-34H2,1-8H3,(H,57,61)(H,58,60). The summed E-state index contributed by atoms with van der Waals surface area (Å²) in [5.41, 5.74) is 1.68. The molecular weight excluding hydrogens is 961 g/mol. The molecule has 16 nitrogen and oxygen atoms in total. The summed E-state index contributed by atoms with van der Waals surface area (Å²) in [6, 6.07) is 31.9. The molecule has 1 aliphatic rings. The fraction of sp³-hybridized carbons (Fsp3) is 0.481. The Morgan fingerprint density at radius 3 is 1.90 bits per heavy atom. The summed E-state index contributed by atoms with van der Waals surface area (Å²) in [4.78, 5) is 25.9. The third-order valence-electron chi connectivity index (χ3n) is 11.7. The minimum atomic E-state index is -5.26. The molecular formula is C52H66F3N4O12P. The maximum absolute atomic E-state index is 14.0. The highest BCUT2D eigenvalue weighted by atomic mass is 31.2. The molecule has 0 spiro atoms. The molecule has 2 N–H and O–H groups in total. The zero-order valence-electron chi connectivity index (χ0n) is 41.9. The third-order valence-corrected chi connectivity index (χ3v) is 13.8. The average molecular weight is 1030 g/mol. The van der Waals surface area contributed by atoms with Crippen LogP contribution in [0.5, 0.6) is 17.2 Å². The highest BCUT2D eigenvalue weighted by Gasteiger charge is 2.50. The lowest BCUT2D eigenvalue weighted by Crippen LogP contribution is -2.63. The van der Waals surface area contributed by atoms with E-state index in [-0.39, 0.29) is 58.1 Å². The predicted molar refractivity (Wildman–Crippen MR) is 262 cm³/mol. The van der Waals surface area contributed by atoms with E-state index in [0.717, 1.165) is 22.3 Å². The van der Waals surface area contributed by atoms with Crippen molar-refractivity contribution in [3.63, 3.8) is 0 Å². The van der Waals surface area contributed by atoms with E-state index in [0.29, 0.717) is 17.2 Å². The van der Waals surface area contributed by atoms with E-state index in [1.54, 1.807) is 45.4 Å². The van der Waals surface area contributed by atoms with Crippen molar-refractivity contribution >= 4 is 20.5 Å². The van der Waals surface area contributed by atoms with Gasteiger partial charge in [0.2, 0.25) is 0 Å². The molecule has 1 saturated heterocycles. The number of amides is 2. The number of carbonyl (C=O) groups excluding carboxylic acids is 2. The minimum absolute atomic E-state index is 0.0162. The van der Waals surface area contributed by atoms with Crippen LogP contribution in [0.3, 0.4) is 0 Å². The molecule has 0 saturated carbocycles. The highest BCUT2D eigenvalue weighted by Crippen LogP contribution is 2.46. The molecule has 4 aromatic carbocycles. The van der Waals surface area contributed by atoms with Gasteiger partial charge in [-0.15, -0.1) is 0 Å². The molecule has 0 aliphatic carbocycles. The van der Waals surface area contributed by atoms with Crippen molar-refractivity contribution in [1.29, 1.82) is 5.26 Å². The average Bonchev–Trinajstić information content (AvgIpc) is 3.37. The van der Waals surface area contributed by atoms with Crippen molar-refractivity contribution in [1.82, 2.24) is 15.3 Å². The number of hydrogen-bond donors (Lipinski definition) is 2. The monoisotopic (exact) mass is 1030 g/mol. The van der Waals surface area contributed by atoms with Gasteiger partial charge in [-0.2, -0.15) is 18.4 Å². The molecule has 392 valence electrons. The largest absolute Gasteiger partial charge is 0.497 e. The molecule has 6 atom stereocenters. The van der Waals surface area contributed by atoms with Gasteiger partial charge in [-0.1, -0.05) is 73.7 Å². The number of alkyl halides is 3. The molecule has 0 bridgehead atoms. The lowest BCUT2D eigenvalue weighted by atomic mass is 9.80. The number of methoxy groups -OCH3 is 3. The van der Waals surface area contributed by atoms with Gasteiger partial charge in [-0.05, 0) is 86.3 Å². The van der Waals surface area contributed by atoms with E-state index in [1.807, 2.05) is 111 Å². The first-order valence-corrected chi connectivity index (χ1v) is 24.7. The number of halogens is 3. The third kappa shape index (κ3) is 15.7. The van der Waals surface area contributed by atoms with Crippen molar-refractivity contribution < 1.29 is 69.7 Å².